The highest BCUT2D eigenvalue weighted by Crippen LogP contribution is 2.36. The molecule has 0 unspecified atom stereocenters. The lowest BCUT2D eigenvalue weighted by molar-refractivity contribution is 0.294. The molecule has 0 aromatic heterocycles. The van der Waals surface area contributed by atoms with Crippen LogP contribution in [0.2, 0.25) is 18.1 Å². The van der Waals surface area contributed by atoms with Gasteiger partial charge in [-0.1, -0.05) is 57.5 Å². The van der Waals surface area contributed by atoms with Crippen molar-refractivity contribution in [2.75, 3.05) is 6.61 Å². The predicted molar refractivity (Wildman–Crippen MR) is 94.9 cm³/mol. The van der Waals surface area contributed by atoms with Crippen molar-refractivity contribution in [1.82, 2.24) is 0 Å². The fourth-order valence-corrected chi connectivity index (χ4v) is 2.83. The summed E-state index contributed by atoms with van der Waals surface area (Å²) in [6.07, 6.45) is 10.1. The van der Waals surface area contributed by atoms with Crippen LogP contribution in [0.1, 0.15) is 47.5 Å². The third-order valence-electron chi connectivity index (χ3n) is 3.87. The molecular formula is C17H31ClOSi. The zero-order chi connectivity index (χ0) is 15.8. The Bertz CT molecular complexity index is 373. The van der Waals surface area contributed by atoms with Crippen molar-refractivity contribution in [3.05, 3.63) is 34.9 Å². The zero-order valence-corrected chi connectivity index (χ0v) is 16.0. The van der Waals surface area contributed by atoms with E-state index in [2.05, 4.69) is 52.9 Å². The van der Waals surface area contributed by atoms with Crippen LogP contribution in [0.4, 0.5) is 0 Å². The summed E-state index contributed by atoms with van der Waals surface area (Å²) in [6.45, 7) is 16.3. The molecule has 0 aliphatic carbocycles. The van der Waals surface area contributed by atoms with Gasteiger partial charge in [0.05, 0.1) is 0 Å². The molecule has 0 fully saturated rings. The number of halogens is 1. The van der Waals surface area contributed by atoms with Crippen LogP contribution in [-0.4, -0.2) is 14.9 Å². The summed E-state index contributed by atoms with van der Waals surface area (Å²) < 4.78 is 6.14. The van der Waals surface area contributed by atoms with Gasteiger partial charge in [-0.25, -0.2) is 0 Å². The maximum absolute atomic E-state index is 6.21. The zero-order valence-electron chi connectivity index (χ0n) is 14.2. The largest absolute Gasteiger partial charge is 0.417 e. The highest BCUT2D eigenvalue weighted by atomic mass is 35.5. The third kappa shape index (κ3) is 6.92. The standard InChI is InChI=1S/C17H31ClOSi/c1-8-12-16(18)15(9-2)13-10-11-14-19-20(6,7)17(3,4)5/h8,10,12-13H,9,11,14H2,1-7H3/b12-8-,13-10+,16-15-. The van der Waals surface area contributed by atoms with Crippen molar-refractivity contribution in [2.45, 2.75) is 65.6 Å². The molecule has 0 radical (unpaired) electrons. The number of hydrogen-bond acceptors (Lipinski definition) is 1. The van der Waals surface area contributed by atoms with Crippen LogP contribution >= 0.6 is 11.6 Å². The highest BCUT2D eigenvalue weighted by molar-refractivity contribution is 6.74. The summed E-state index contributed by atoms with van der Waals surface area (Å²) in [5, 5.41) is 1.11. The van der Waals surface area contributed by atoms with E-state index in [1.807, 2.05) is 19.1 Å². The smallest absolute Gasteiger partial charge is 0.191 e. The quantitative estimate of drug-likeness (QED) is 0.299. The minimum Gasteiger partial charge on any atom is -0.417 e. The molecule has 0 aromatic carbocycles. The van der Waals surface area contributed by atoms with Crippen LogP contribution in [0.5, 0.6) is 0 Å². The SMILES string of the molecule is C\C=C/C(Cl)=C(/C=C/CCO[Si](C)(C)C(C)(C)C)CC. The molecule has 1 nitrogen and oxygen atoms in total. The van der Waals surface area contributed by atoms with Gasteiger partial charge in [-0.05, 0) is 49.5 Å². The summed E-state index contributed by atoms with van der Waals surface area (Å²) in [5.74, 6) is 0. The van der Waals surface area contributed by atoms with E-state index in [4.69, 9.17) is 16.0 Å². The van der Waals surface area contributed by atoms with E-state index in [1.165, 1.54) is 5.57 Å². The first kappa shape index (κ1) is 19.7. The van der Waals surface area contributed by atoms with Crippen LogP contribution < -0.4 is 0 Å². The summed E-state index contributed by atoms with van der Waals surface area (Å²) in [6, 6.07) is 0. The van der Waals surface area contributed by atoms with E-state index in [1.54, 1.807) is 0 Å². The second kappa shape index (κ2) is 8.86. The van der Waals surface area contributed by atoms with Crippen molar-refractivity contribution in [3.8, 4) is 0 Å². The van der Waals surface area contributed by atoms with Crippen molar-refractivity contribution in [3.63, 3.8) is 0 Å². The van der Waals surface area contributed by atoms with Gasteiger partial charge in [-0.3, -0.25) is 0 Å². The first-order valence-corrected chi connectivity index (χ1v) is 10.8. The molecule has 0 rings (SSSR count). The maximum Gasteiger partial charge on any atom is 0.191 e. The van der Waals surface area contributed by atoms with E-state index >= 15 is 0 Å². The van der Waals surface area contributed by atoms with Crippen LogP contribution in [0.15, 0.2) is 34.9 Å². The summed E-state index contributed by atoms with van der Waals surface area (Å²) in [5.41, 5.74) is 1.18. The fraction of sp³-hybridized carbons (Fsp3) is 0.647. The molecule has 0 spiro atoms. The Morgan fingerprint density at radius 1 is 1.20 bits per heavy atom. The van der Waals surface area contributed by atoms with Crippen LogP contribution in [0.25, 0.3) is 0 Å². The highest BCUT2D eigenvalue weighted by Gasteiger charge is 2.36. The average molecular weight is 315 g/mol. The van der Waals surface area contributed by atoms with Gasteiger partial charge in [0.15, 0.2) is 8.32 Å². The Balaban J connectivity index is 4.38. The molecule has 0 heterocycles. The van der Waals surface area contributed by atoms with Gasteiger partial charge in [0.1, 0.15) is 0 Å². The van der Waals surface area contributed by atoms with Crippen molar-refractivity contribution < 1.29 is 4.43 Å². The van der Waals surface area contributed by atoms with E-state index < -0.39 is 8.32 Å². The molecule has 0 aromatic rings. The molecule has 0 amide bonds. The minimum atomic E-state index is -1.61. The van der Waals surface area contributed by atoms with E-state index in [0.717, 1.165) is 24.5 Å². The van der Waals surface area contributed by atoms with Gasteiger partial charge < -0.3 is 4.43 Å². The van der Waals surface area contributed by atoms with Crippen molar-refractivity contribution in [1.29, 1.82) is 0 Å². The Kier molecular flexibility index (Phi) is 8.72. The molecule has 0 atom stereocenters. The van der Waals surface area contributed by atoms with Crippen molar-refractivity contribution in [2.24, 2.45) is 0 Å². The molecular weight excluding hydrogens is 284 g/mol. The van der Waals surface area contributed by atoms with Gasteiger partial charge in [0, 0.05) is 11.6 Å². The Morgan fingerprint density at radius 2 is 1.80 bits per heavy atom. The summed E-state index contributed by atoms with van der Waals surface area (Å²) in [4.78, 5) is 0. The lowest BCUT2D eigenvalue weighted by Gasteiger charge is -2.36. The number of hydrogen-bond donors (Lipinski definition) is 0. The topological polar surface area (TPSA) is 9.23 Å². The van der Waals surface area contributed by atoms with Gasteiger partial charge in [0.25, 0.3) is 0 Å². The fourth-order valence-electron chi connectivity index (χ4n) is 1.44. The monoisotopic (exact) mass is 314 g/mol. The molecule has 0 aliphatic heterocycles. The molecule has 0 saturated heterocycles. The second-order valence-electron chi connectivity index (χ2n) is 6.53. The summed E-state index contributed by atoms with van der Waals surface area (Å²) >= 11 is 6.21. The number of rotatable bonds is 7. The van der Waals surface area contributed by atoms with Gasteiger partial charge in [-0.2, -0.15) is 0 Å². The lowest BCUT2D eigenvalue weighted by Crippen LogP contribution is -2.40. The first-order valence-electron chi connectivity index (χ1n) is 7.47. The van der Waals surface area contributed by atoms with E-state index in [-0.39, 0.29) is 5.04 Å². The van der Waals surface area contributed by atoms with Gasteiger partial charge >= 0.3 is 0 Å². The third-order valence-corrected chi connectivity index (χ3v) is 8.78. The van der Waals surface area contributed by atoms with Gasteiger partial charge in [0.2, 0.25) is 0 Å². The molecule has 0 bridgehead atoms. The van der Waals surface area contributed by atoms with Gasteiger partial charge in [-0.15, -0.1) is 0 Å². The first-order chi connectivity index (χ1) is 9.15. The molecule has 3 heteroatoms. The average Bonchev–Trinajstić information content (AvgIpc) is 2.32. The van der Waals surface area contributed by atoms with Crippen LogP contribution in [0, 0.1) is 0 Å². The molecule has 0 N–H and O–H groups in total. The molecule has 0 aliphatic rings. The molecule has 20 heavy (non-hydrogen) atoms. The van der Waals surface area contributed by atoms with E-state index in [0.29, 0.717) is 0 Å². The second-order valence-corrected chi connectivity index (χ2v) is 11.7. The minimum absolute atomic E-state index is 0.278. The van der Waals surface area contributed by atoms with E-state index in [9.17, 15) is 0 Å². The Morgan fingerprint density at radius 3 is 2.25 bits per heavy atom. The van der Waals surface area contributed by atoms with Crippen LogP contribution in [-0.2, 0) is 4.43 Å². The normalized spacial score (nSPS) is 15.2. The lowest BCUT2D eigenvalue weighted by atomic mass is 10.1. The summed E-state index contributed by atoms with van der Waals surface area (Å²) in [7, 11) is -1.61. The Labute approximate surface area is 131 Å². The predicted octanol–water partition coefficient (Wildman–Crippen LogP) is 6.43. The van der Waals surface area contributed by atoms with Crippen LogP contribution in [0.3, 0.4) is 0 Å². The Hall–Kier alpha value is -0.313. The molecule has 116 valence electrons. The number of allylic oxidation sites excluding steroid dienone is 5. The molecule has 0 saturated carbocycles. The maximum atomic E-state index is 6.21. The van der Waals surface area contributed by atoms with Crippen molar-refractivity contribution >= 4 is 19.9 Å².